The van der Waals surface area contributed by atoms with Crippen LogP contribution in [0.15, 0.2) is 69.7 Å². The number of hydrogen-bond acceptors (Lipinski definition) is 4. The van der Waals surface area contributed by atoms with Gasteiger partial charge in [-0.3, -0.25) is 0 Å². The summed E-state index contributed by atoms with van der Waals surface area (Å²) in [5.41, 5.74) is 1.99. The second-order valence-electron chi connectivity index (χ2n) is 5.88. The standard InChI is InChI=1S/C19H21NO3S2/c1-2-4-16-6-8-19(9-7-16)25(21,22)20(13-17-10-11-23-15-17)14-18-5-3-12-24-18/h3,5-12,15H,2,4,13-14H2,1H3. The Labute approximate surface area is 152 Å². The van der Waals surface area contributed by atoms with Gasteiger partial charge < -0.3 is 4.42 Å². The topological polar surface area (TPSA) is 50.5 Å². The monoisotopic (exact) mass is 375 g/mol. The van der Waals surface area contributed by atoms with E-state index >= 15 is 0 Å². The lowest BCUT2D eigenvalue weighted by Gasteiger charge is -2.21. The molecule has 4 nitrogen and oxygen atoms in total. The van der Waals surface area contributed by atoms with Gasteiger partial charge in [0.1, 0.15) is 0 Å². The van der Waals surface area contributed by atoms with Gasteiger partial charge in [0.25, 0.3) is 0 Å². The largest absolute Gasteiger partial charge is 0.472 e. The molecule has 25 heavy (non-hydrogen) atoms. The van der Waals surface area contributed by atoms with Crippen molar-refractivity contribution in [2.45, 2.75) is 37.8 Å². The van der Waals surface area contributed by atoms with Crippen molar-refractivity contribution < 1.29 is 12.8 Å². The highest BCUT2D eigenvalue weighted by Crippen LogP contribution is 2.23. The number of nitrogens with zero attached hydrogens (tertiary/aromatic N) is 1. The molecule has 0 aliphatic heterocycles. The molecule has 0 saturated carbocycles. The predicted molar refractivity (Wildman–Crippen MR) is 99.9 cm³/mol. The zero-order chi connectivity index (χ0) is 17.7. The molecule has 132 valence electrons. The molecule has 0 bridgehead atoms. The smallest absolute Gasteiger partial charge is 0.243 e. The summed E-state index contributed by atoms with van der Waals surface area (Å²) in [6, 6.07) is 12.9. The quantitative estimate of drug-likeness (QED) is 0.574. The second kappa shape index (κ2) is 7.99. The Morgan fingerprint density at radius 2 is 1.84 bits per heavy atom. The van der Waals surface area contributed by atoms with E-state index in [-0.39, 0.29) is 6.54 Å². The summed E-state index contributed by atoms with van der Waals surface area (Å²) in [4.78, 5) is 1.34. The van der Waals surface area contributed by atoms with Gasteiger partial charge in [-0.2, -0.15) is 4.31 Å². The molecule has 1 aromatic carbocycles. The summed E-state index contributed by atoms with van der Waals surface area (Å²) in [6.07, 6.45) is 5.14. The Bertz CT molecular complexity index is 831. The molecule has 3 rings (SSSR count). The summed E-state index contributed by atoms with van der Waals surface area (Å²) < 4.78 is 32.9. The zero-order valence-corrected chi connectivity index (χ0v) is 15.7. The molecule has 0 radical (unpaired) electrons. The van der Waals surface area contributed by atoms with Crippen molar-refractivity contribution in [2.24, 2.45) is 0 Å². The van der Waals surface area contributed by atoms with Gasteiger partial charge in [0.2, 0.25) is 10.0 Å². The van der Waals surface area contributed by atoms with E-state index in [0.29, 0.717) is 11.4 Å². The van der Waals surface area contributed by atoms with Gasteiger partial charge in [0, 0.05) is 23.5 Å². The molecule has 3 aromatic rings. The highest BCUT2D eigenvalue weighted by Gasteiger charge is 2.25. The Morgan fingerprint density at radius 3 is 2.44 bits per heavy atom. The number of thiophene rings is 1. The summed E-state index contributed by atoms with van der Waals surface area (Å²) >= 11 is 1.55. The van der Waals surface area contributed by atoms with Crippen molar-refractivity contribution in [1.82, 2.24) is 4.31 Å². The molecule has 0 aliphatic carbocycles. The molecule has 2 aromatic heterocycles. The van der Waals surface area contributed by atoms with Gasteiger partial charge in [-0.25, -0.2) is 8.42 Å². The third kappa shape index (κ3) is 4.39. The molecular formula is C19H21NO3S2. The molecule has 0 spiro atoms. The van der Waals surface area contributed by atoms with Crippen LogP contribution in [-0.4, -0.2) is 12.7 Å². The summed E-state index contributed by atoms with van der Waals surface area (Å²) in [5.74, 6) is 0. The maximum Gasteiger partial charge on any atom is 0.243 e. The zero-order valence-electron chi connectivity index (χ0n) is 14.1. The Hall–Kier alpha value is -1.89. The van der Waals surface area contributed by atoms with Gasteiger partial charge in [0.15, 0.2) is 0 Å². The number of benzene rings is 1. The lowest BCUT2D eigenvalue weighted by Crippen LogP contribution is -2.29. The van der Waals surface area contributed by atoms with Crippen LogP contribution in [-0.2, 0) is 29.5 Å². The van der Waals surface area contributed by atoms with E-state index in [2.05, 4.69) is 6.92 Å². The van der Waals surface area contributed by atoms with Crippen LogP contribution >= 0.6 is 11.3 Å². The molecule has 0 N–H and O–H groups in total. The van der Waals surface area contributed by atoms with Gasteiger partial charge in [0.05, 0.1) is 17.4 Å². The SMILES string of the molecule is CCCc1ccc(S(=O)(=O)N(Cc2ccoc2)Cc2cccs2)cc1. The van der Waals surface area contributed by atoms with Gasteiger partial charge >= 0.3 is 0 Å². The van der Waals surface area contributed by atoms with Crippen LogP contribution in [0.1, 0.15) is 29.3 Å². The third-order valence-electron chi connectivity index (χ3n) is 3.95. The Balaban J connectivity index is 1.89. The van der Waals surface area contributed by atoms with Crippen molar-refractivity contribution in [3.05, 3.63) is 76.4 Å². The molecule has 6 heteroatoms. The fraction of sp³-hybridized carbons (Fsp3) is 0.263. The van der Waals surface area contributed by atoms with Crippen LogP contribution in [0.3, 0.4) is 0 Å². The summed E-state index contributed by atoms with van der Waals surface area (Å²) in [5, 5.41) is 1.96. The highest BCUT2D eigenvalue weighted by atomic mass is 32.2. The first kappa shape index (κ1) is 17.9. The van der Waals surface area contributed by atoms with Crippen molar-refractivity contribution in [1.29, 1.82) is 0 Å². The molecule has 0 aliphatic rings. The maximum atomic E-state index is 13.2. The fourth-order valence-electron chi connectivity index (χ4n) is 2.65. The summed E-state index contributed by atoms with van der Waals surface area (Å²) in [7, 11) is -3.59. The highest BCUT2D eigenvalue weighted by molar-refractivity contribution is 7.89. The average molecular weight is 376 g/mol. The van der Waals surface area contributed by atoms with E-state index in [4.69, 9.17) is 4.42 Å². The minimum atomic E-state index is -3.59. The lowest BCUT2D eigenvalue weighted by atomic mass is 10.1. The van der Waals surface area contributed by atoms with Crippen molar-refractivity contribution >= 4 is 21.4 Å². The molecule has 0 unspecified atom stereocenters. The Kier molecular flexibility index (Phi) is 5.73. The van der Waals surface area contributed by atoms with E-state index < -0.39 is 10.0 Å². The average Bonchev–Trinajstić information content (AvgIpc) is 3.29. The number of furan rings is 1. The van der Waals surface area contributed by atoms with Crippen molar-refractivity contribution in [3.8, 4) is 0 Å². The van der Waals surface area contributed by atoms with E-state index in [1.807, 2.05) is 29.6 Å². The third-order valence-corrected chi connectivity index (χ3v) is 6.62. The van der Waals surface area contributed by atoms with Crippen LogP contribution < -0.4 is 0 Å². The number of hydrogen-bond donors (Lipinski definition) is 0. The first-order valence-corrected chi connectivity index (χ1v) is 10.5. The van der Waals surface area contributed by atoms with Gasteiger partial charge in [-0.15, -0.1) is 11.3 Å². The van der Waals surface area contributed by atoms with Gasteiger partial charge in [-0.1, -0.05) is 31.5 Å². The van der Waals surface area contributed by atoms with Gasteiger partial charge in [-0.05, 0) is 41.6 Å². The van der Waals surface area contributed by atoms with E-state index in [1.54, 1.807) is 42.1 Å². The molecule has 0 saturated heterocycles. The van der Waals surface area contributed by atoms with E-state index in [1.165, 1.54) is 4.31 Å². The molecule has 0 amide bonds. The molecule has 0 fully saturated rings. The minimum absolute atomic E-state index is 0.285. The van der Waals surface area contributed by atoms with Crippen molar-refractivity contribution in [2.75, 3.05) is 0 Å². The maximum absolute atomic E-state index is 13.2. The summed E-state index contributed by atoms with van der Waals surface area (Å²) in [6.45, 7) is 2.74. The van der Waals surface area contributed by atoms with Crippen molar-refractivity contribution in [3.63, 3.8) is 0 Å². The molecule has 2 heterocycles. The number of aryl methyl sites for hydroxylation is 1. The fourth-order valence-corrected chi connectivity index (χ4v) is 4.86. The van der Waals surface area contributed by atoms with E-state index in [9.17, 15) is 8.42 Å². The van der Waals surface area contributed by atoms with Crippen LogP contribution in [0.5, 0.6) is 0 Å². The first-order chi connectivity index (χ1) is 12.1. The Morgan fingerprint density at radius 1 is 1.04 bits per heavy atom. The number of sulfonamides is 1. The molecular weight excluding hydrogens is 354 g/mol. The minimum Gasteiger partial charge on any atom is -0.472 e. The van der Waals surface area contributed by atoms with Crippen LogP contribution in [0, 0.1) is 0 Å². The van der Waals surface area contributed by atoms with Crippen LogP contribution in [0.2, 0.25) is 0 Å². The number of rotatable bonds is 8. The predicted octanol–water partition coefficient (Wildman–Crippen LogP) is 4.68. The van der Waals surface area contributed by atoms with Crippen LogP contribution in [0.4, 0.5) is 0 Å². The second-order valence-corrected chi connectivity index (χ2v) is 8.85. The van der Waals surface area contributed by atoms with Crippen LogP contribution in [0.25, 0.3) is 0 Å². The van der Waals surface area contributed by atoms with E-state index in [0.717, 1.165) is 28.8 Å². The molecule has 0 atom stereocenters. The lowest BCUT2D eigenvalue weighted by molar-refractivity contribution is 0.402. The normalized spacial score (nSPS) is 11.9. The first-order valence-electron chi connectivity index (χ1n) is 8.22.